The number of aryl methyl sites for hydroxylation is 2. The third-order valence-corrected chi connectivity index (χ3v) is 5.91. The smallest absolute Gasteiger partial charge is 0.107 e. The van der Waals surface area contributed by atoms with E-state index in [2.05, 4.69) is 83.1 Å². The molecule has 0 saturated carbocycles. The van der Waals surface area contributed by atoms with Gasteiger partial charge in [0.15, 0.2) is 0 Å². The maximum absolute atomic E-state index is 4.71. The Morgan fingerprint density at radius 3 is 2.36 bits per heavy atom. The van der Waals surface area contributed by atoms with E-state index in [1.807, 2.05) is 18.3 Å². The van der Waals surface area contributed by atoms with E-state index in [1.165, 1.54) is 5.56 Å². The number of hydrogen-bond acceptors (Lipinski definition) is 1. The second kappa shape index (κ2) is 7.11. The van der Waals surface area contributed by atoms with Gasteiger partial charge in [-0.1, -0.05) is 46.3 Å². The Morgan fingerprint density at radius 1 is 0.864 bits per heavy atom. The monoisotopic (exact) mass is 482 g/mol. The number of imidazole rings is 1. The Balaban J connectivity index is 1.78. The molecule has 112 valence electrons. The minimum Gasteiger partial charge on any atom is -0.348 e. The molecule has 2 aromatic carbocycles. The fourth-order valence-corrected chi connectivity index (χ4v) is 3.79. The molecule has 3 aromatic rings. The van der Waals surface area contributed by atoms with E-state index < -0.39 is 0 Å². The topological polar surface area (TPSA) is 28.7 Å². The number of nitrogens with zero attached hydrogens (tertiary/aromatic N) is 1. The first kappa shape index (κ1) is 16.0. The molecule has 0 spiro atoms. The summed E-state index contributed by atoms with van der Waals surface area (Å²) < 4.78 is 3.05. The molecule has 0 saturated heterocycles. The second-order valence-corrected chi connectivity index (χ2v) is 7.53. The van der Waals surface area contributed by atoms with Crippen LogP contribution in [0.5, 0.6) is 0 Å². The predicted molar refractivity (Wildman–Crippen MR) is 101 cm³/mol. The van der Waals surface area contributed by atoms with Gasteiger partial charge in [-0.15, -0.1) is 0 Å². The van der Waals surface area contributed by atoms with Crippen LogP contribution in [0.4, 0.5) is 0 Å². The molecule has 0 bridgehead atoms. The minimum atomic E-state index is 0.902. The number of rotatable bonds is 4. The quantitative estimate of drug-likeness (QED) is 0.442. The van der Waals surface area contributed by atoms with Crippen molar-refractivity contribution in [2.24, 2.45) is 0 Å². The molecule has 0 aliphatic carbocycles. The van der Waals surface area contributed by atoms with Crippen molar-refractivity contribution in [1.29, 1.82) is 0 Å². The molecule has 3 rings (SSSR count). The number of halogens is 3. The number of aromatic amines is 1. The molecule has 1 N–H and O–H groups in total. The van der Waals surface area contributed by atoms with Gasteiger partial charge < -0.3 is 4.98 Å². The molecule has 5 heteroatoms. The number of benzene rings is 2. The van der Waals surface area contributed by atoms with Gasteiger partial charge in [-0.05, 0) is 56.0 Å². The van der Waals surface area contributed by atoms with Gasteiger partial charge in [0.05, 0.1) is 5.69 Å². The van der Waals surface area contributed by atoms with Gasteiger partial charge in [-0.2, -0.15) is 0 Å². The van der Waals surface area contributed by atoms with Gasteiger partial charge in [0.2, 0.25) is 0 Å². The Bertz CT molecular complexity index is 782. The largest absolute Gasteiger partial charge is 0.348 e. The highest BCUT2D eigenvalue weighted by Crippen LogP contribution is 2.35. The summed E-state index contributed by atoms with van der Waals surface area (Å²) in [4.78, 5) is 7.98. The lowest BCUT2D eigenvalue weighted by molar-refractivity contribution is 0.885. The van der Waals surface area contributed by atoms with E-state index in [-0.39, 0.29) is 0 Å². The summed E-state index contributed by atoms with van der Waals surface area (Å²) >= 11 is 10.6. The van der Waals surface area contributed by atoms with E-state index in [0.717, 1.165) is 43.3 Å². The maximum atomic E-state index is 4.71. The van der Waals surface area contributed by atoms with E-state index in [1.54, 1.807) is 0 Å². The summed E-state index contributed by atoms with van der Waals surface area (Å²) in [6.45, 7) is 0. The first-order chi connectivity index (χ1) is 10.6. The van der Waals surface area contributed by atoms with Crippen LogP contribution in [0.15, 0.2) is 62.1 Å². The molecule has 1 aromatic heterocycles. The first-order valence-corrected chi connectivity index (χ1v) is 9.24. The number of H-pyrrole nitrogens is 1. The van der Waals surface area contributed by atoms with E-state index in [4.69, 9.17) is 4.98 Å². The molecule has 22 heavy (non-hydrogen) atoms. The highest BCUT2D eigenvalue weighted by molar-refractivity contribution is 9.13. The van der Waals surface area contributed by atoms with Crippen molar-refractivity contribution in [3.05, 3.63) is 73.5 Å². The average Bonchev–Trinajstić information content (AvgIpc) is 2.98. The summed E-state index contributed by atoms with van der Waals surface area (Å²) in [5, 5.41) is 0. The summed E-state index contributed by atoms with van der Waals surface area (Å²) in [6.07, 6.45) is 3.85. The van der Waals surface area contributed by atoms with Crippen molar-refractivity contribution in [1.82, 2.24) is 9.97 Å². The molecule has 1 heterocycles. The molecule has 0 amide bonds. The lowest BCUT2D eigenvalue weighted by Crippen LogP contribution is -1.93. The van der Waals surface area contributed by atoms with Crippen LogP contribution in [0.1, 0.15) is 11.4 Å². The van der Waals surface area contributed by atoms with Gasteiger partial charge in [0.25, 0.3) is 0 Å². The highest BCUT2D eigenvalue weighted by Gasteiger charge is 2.10. The number of aromatic nitrogens is 2. The van der Waals surface area contributed by atoms with E-state index in [9.17, 15) is 0 Å². The predicted octanol–water partition coefficient (Wildman–Crippen LogP) is 6.15. The van der Waals surface area contributed by atoms with Crippen LogP contribution < -0.4 is 0 Å². The number of nitrogens with one attached hydrogen (secondary N) is 1. The molecule has 0 aliphatic rings. The Labute approximate surface area is 154 Å². The van der Waals surface area contributed by atoms with Crippen LogP contribution in [0, 0.1) is 0 Å². The summed E-state index contributed by atoms with van der Waals surface area (Å²) in [6, 6.07) is 14.6. The van der Waals surface area contributed by atoms with Crippen molar-refractivity contribution in [3.63, 3.8) is 0 Å². The first-order valence-electron chi connectivity index (χ1n) is 6.86. The normalized spacial score (nSPS) is 10.9. The van der Waals surface area contributed by atoms with Gasteiger partial charge in [0, 0.05) is 31.6 Å². The van der Waals surface area contributed by atoms with Crippen LogP contribution in [-0.4, -0.2) is 9.97 Å². The zero-order valence-electron chi connectivity index (χ0n) is 11.6. The second-order valence-electron chi connectivity index (χ2n) is 4.96. The maximum Gasteiger partial charge on any atom is 0.107 e. The van der Waals surface area contributed by atoms with E-state index in [0.29, 0.717) is 0 Å². The lowest BCUT2D eigenvalue weighted by Gasteiger charge is -2.04. The Morgan fingerprint density at radius 2 is 1.59 bits per heavy atom. The van der Waals surface area contributed by atoms with Crippen molar-refractivity contribution in [2.75, 3.05) is 0 Å². The minimum absolute atomic E-state index is 0.902. The van der Waals surface area contributed by atoms with Crippen LogP contribution in [0.2, 0.25) is 0 Å². The van der Waals surface area contributed by atoms with Crippen molar-refractivity contribution >= 4 is 47.8 Å². The molecular formula is C17H13Br3N2. The molecule has 0 atom stereocenters. The highest BCUT2D eigenvalue weighted by atomic mass is 79.9. The molecular weight excluding hydrogens is 472 g/mol. The SMILES string of the molecule is Brc1cc(Br)c(-c2c[nH]c(CCc3ccccc3)n2)cc1Br. The molecule has 0 fully saturated rings. The van der Waals surface area contributed by atoms with Gasteiger partial charge >= 0.3 is 0 Å². The van der Waals surface area contributed by atoms with Gasteiger partial charge in [-0.25, -0.2) is 4.98 Å². The number of hydrogen-bond donors (Lipinski definition) is 1. The van der Waals surface area contributed by atoms with Crippen molar-refractivity contribution in [3.8, 4) is 11.3 Å². The molecule has 2 nitrogen and oxygen atoms in total. The van der Waals surface area contributed by atoms with Gasteiger partial charge in [0.1, 0.15) is 5.82 Å². The van der Waals surface area contributed by atoms with Crippen LogP contribution in [0.3, 0.4) is 0 Å². The zero-order valence-corrected chi connectivity index (χ0v) is 16.4. The molecule has 0 radical (unpaired) electrons. The van der Waals surface area contributed by atoms with Crippen LogP contribution in [0.25, 0.3) is 11.3 Å². The third-order valence-electron chi connectivity index (χ3n) is 3.41. The van der Waals surface area contributed by atoms with Gasteiger partial charge in [-0.3, -0.25) is 0 Å². The average molecular weight is 485 g/mol. The zero-order chi connectivity index (χ0) is 15.5. The third kappa shape index (κ3) is 3.70. The van der Waals surface area contributed by atoms with Crippen molar-refractivity contribution < 1.29 is 0 Å². The van der Waals surface area contributed by atoms with Crippen LogP contribution >= 0.6 is 47.8 Å². The fraction of sp³-hybridized carbons (Fsp3) is 0.118. The van der Waals surface area contributed by atoms with E-state index >= 15 is 0 Å². The van der Waals surface area contributed by atoms with Crippen molar-refractivity contribution in [2.45, 2.75) is 12.8 Å². The Kier molecular flexibility index (Phi) is 5.16. The summed E-state index contributed by atoms with van der Waals surface area (Å²) in [7, 11) is 0. The molecule has 0 aliphatic heterocycles. The standard InChI is InChI=1S/C17H13Br3N2/c18-13-9-15(20)14(19)8-12(13)16-10-21-17(22-16)7-6-11-4-2-1-3-5-11/h1-5,8-10H,6-7H2,(H,21,22). The van der Waals surface area contributed by atoms with Crippen LogP contribution in [-0.2, 0) is 12.8 Å². The fourth-order valence-electron chi connectivity index (χ4n) is 2.25. The summed E-state index contributed by atoms with van der Waals surface area (Å²) in [5.74, 6) is 1.00. The lowest BCUT2D eigenvalue weighted by atomic mass is 10.1. The summed E-state index contributed by atoms with van der Waals surface area (Å²) in [5.41, 5.74) is 3.34. The Hall–Kier alpha value is -0.910. The molecule has 0 unspecified atom stereocenters.